The van der Waals surface area contributed by atoms with Crippen molar-refractivity contribution in [1.29, 1.82) is 0 Å². The first kappa shape index (κ1) is 18.1. The van der Waals surface area contributed by atoms with E-state index in [1.165, 1.54) is 0 Å². The Labute approximate surface area is 118 Å². The highest BCUT2D eigenvalue weighted by atomic mass is 16.6. The van der Waals surface area contributed by atoms with Gasteiger partial charge in [0.25, 0.3) is 0 Å². The Balaban J connectivity index is 5.10. The number of carbonyl (C=O) groups is 1. The van der Waals surface area contributed by atoms with Crippen molar-refractivity contribution in [1.82, 2.24) is 9.80 Å². The van der Waals surface area contributed by atoms with Crippen LogP contribution in [-0.2, 0) is 9.53 Å². The van der Waals surface area contributed by atoms with Crippen molar-refractivity contribution in [2.24, 2.45) is 0 Å². The van der Waals surface area contributed by atoms with Crippen molar-refractivity contribution in [3.63, 3.8) is 0 Å². The van der Waals surface area contributed by atoms with Crippen LogP contribution in [0.4, 0.5) is 0 Å². The lowest BCUT2D eigenvalue weighted by Crippen LogP contribution is -2.56. The number of esters is 1. The molecule has 0 saturated heterocycles. The van der Waals surface area contributed by atoms with Crippen LogP contribution in [-0.4, -0.2) is 54.2 Å². The van der Waals surface area contributed by atoms with Crippen LogP contribution in [0.25, 0.3) is 0 Å². The lowest BCUT2D eigenvalue weighted by atomic mass is 10.1. The van der Waals surface area contributed by atoms with Crippen molar-refractivity contribution in [3.05, 3.63) is 12.2 Å². The van der Waals surface area contributed by atoms with Crippen molar-refractivity contribution in [2.45, 2.75) is 47.3 Å². The van der Waals surface area contributed by atoms with E-state index in [1.54, 1.807) is 6.92 Å². The Morgan fingerprint density at radius 1 is 1.11 bits per heavy atom. The van der Waals surface area contributed by atoms with E-state index < -0.39 is 5.72 Å². The van der Waals surface area contributed by atoms with Crippen LogP contribution >= 0.6 is 0 Å². The molecule has 0 radical (unpaired) electrons. The third-order valence-electron chi connectivity index (χ3n) is 3.50. The molecule has 0 saturated carbocycles. The summed E-state index contributed by atoms with van der Waals surface area (Å²) in [4.78, 5) is 16.3. The molecule has 0 aliphatic heterocycles. The zero-order valence-electron chi connectivity index (χ0n) is 13.5. The topological polar surface area (TPSA) is 32.8 Å². The predicted octanol–water partition coefficient (Wildman–Crippen LogP) is 2.51. The lowest BCUT2D eigenvalue weighted by molar-refractivity contribution is -0.180. The van der Waals surface area contributed by atoms with Gasteiger partial charge >= 0.3 is 5.97 Å². The van der Waals surface area contributed by atoms with E-state index >= 15 is 0 Å². The molecule has 0 aromatic carbocycles. The lowest BCUT2D eigenvalue weighted by Gasteiger charge is -2.42. The molecule has 0 spiro atoms. The van der Waals surface area contributed by atoms with Gasteiger partial charge in [-0.2, -0.15) is 0 Å². The van der Waals surface area contributed by atoms with E-state index in [2.05, 4.69) is 44.1 Å². The summed E-state index contributed by atoms with van der Waals surface area (Å²) in [5, 5.41) is 0. The van der Waals surface area contributed by atoms with Crippen LogP contribution < -0.4 is 0 Å². The van der Waals surface area contributed by atoms with Gasteiger partial charge in [0.05, 0.1) is 6.54 Å². The molecule has 19 heavy (non-hydrogen) atoms. The second kappa shape index (κ2) is 8.33. The molecule has 112 valence electrons. The molecule has 1 atom stereocenters. The van der Waals surface area contributed by atoms with Gasteiger partial charge in [0, 0.05) is 5.57 Å². The molecular weight excluding hydrogens is 240 g/mol. The molecule has 0 aliphatic rings. The Kier molecular flexibility index (Phi) is 7.95. The van der Waals surface area contributed by atoms with E-state index in [9.17, 15) is 4.79 Å². The monoisotopic (exact) mass is 270 g/mol. The Morgan fingerprint density at radius 2 is 1.58 bits per heavy atom. The van der Waals surface area contributed by atoms with E-state index in [1.807, 2.05) is 6.92 Å². The second-order valence-electron chi connectivity index (χ2n) is 4.98. The predicted molar refractivity (Wildman–Crippen MR) is 80.0 cm³/mol. The number of rotatable bonds is 9. The highest BCUT2D eigenvalue weighted by molar-refractivity contribution is 5.87. The zero-order valence-corrected chi connectivity index (χ0v) is 13.5. The summed E-state index contributed by atoms with van der Waals surface area (Å²) in [6.07, 6.45) is 0. The van der Waals surface area contributed by atoms with Gasteiger partial charge in [0.1, 0.15) is 0 Å². The van der Waals surface area contributed by atoms with Crippen LogP contribution in [0.3, 0.4) is 0 Å². The average Bonchev–Trinajstić information content (AvgIpc) is 2.37. The van der Waals surface area contributed by atoms with Gasteiger partial charge in [-0.05, 0) is 40.0 Å². The normalized spacial score (nSPS) is 14.5. The first-order chi connectivity index (χ1) is 8.84. The van der Waals surface area contributed by atoms with E-state index in [0.717, 1.165) is 26.2 Å². The van der Waals surface area contributed by atoms with Crippen LogP contribution in [0.15, 0.2) is 12.2 Å². The number of carbonyl (C=O) groups excluding carboxylic acids is 1. The van der Waals surface area contributed by atoms with Gasteiger partial charge in [-0.25, -0.2) is 4.79 Å². The summed E-state index contributed by atoms with van der Waals surface area (Å²) in [5.74, 6) is -0.318. The van der Waals surface area contributed by atoms with Crippen molar-refractivity contribution in [2.75, 3.05) is 32.7 Å². The van der Waals surface area contributed by atoms with Crippen molar-refractivity contribution in [3.8, 4) is 0 Å². The minimum atomic E-state index is -0.606. The fourth-order valence-electron chi connectivity index (χ4n) is 2.24. The second-order valence-corrected chi connectivity index (χ2v) is 4.98. The van der Waals surface area contributed by atoms with Gasteiger partial charge in [-0.3, -0.25) is 9.80 Å². The van der Waals surface area contributed by atoms with Gasteiger partial charge in [0.15, 0.2) is 5.72 Å². The number of hydrogen-bond acceptors (Lipinski definition) is 4. The molecule has 0 amide bonds. The van der Waals surface area contributed by atoms with Crippen LogP contribution in [0, 0.1) is 0 Å². The molecule has 0 rings (SSSR count). The molecule has 4 heteroatoms. The molecule has 0 N–H and O–H groups in total. The summed E-state index contributed by atoms with van der Waals surface area (Å²) in [6, 6.07) is 0. The molecule has 0 aliphatic carbocycles. The standard InChI is InChI=1S/C15H30N2O2/c1-8-16(9-2)12-15(7,17(10-3)11-4)19-14(18)13(5)6/h5,8-12H2,1-4,6-7H3. The highest BCUT2D eigenvalue weighted by Gasteiger charge is 2.35. The SMILES string of the molecule is C=C(C)C(=O)OC(C)(CN(CC)CC)N(CC)CC. The zero-order chi connectivity index (χ0) is 15.1. The molecule has 0 aromatic heterocycles. The Hall–Kier alpha value is -0.870. The van der Waals surface area contributed by atoms with Gasteiger partial charge in [-0.1, -0.05) is 34.3 Å². The number of likely N-dealkylation sites (N-methyl/N-ethyl adjacent to an activating group) is 2. The molecule has 1 unspecified atom stereocenters. The van der Waals surface area contributed by atoms with E-state index in [-0.39, 0.29) is 5.97 Å². The summed E-state index contributed by atoms with van der Waals surface area (Å²) >= 11 is 0. The molecular formula is C15H30N2O2. The van der Waals surface area contributed by atoms with Crippen LogP contribution in [0.2, 0.25) is 0 Å². The van der Waals surface area contributed by atoms with E-state index in [0.29, 0.717) is 12.1 Å². The molecule has 0 aromatic rings. The Bertz CT molecular complexity index is 297. The highest BCUT2D eigenvalue weighted by Crippen LogP contribution is 2.20. The van der Waals surface area contributed by atoms with E-state index in [4.69, 9.17) is 4.74 Å². The average molecular weight is 270 g/mol. The maximum Gasteiger partial charge on any atom is 0.334 e. The molecule has 0 fully saturated rings. The third kappa shape index (κ3) is 5.33. The summed E-state index contributed by atoms with van der Waals surface area (Å²) in [5.41, 5.74) is -0.163. The smallest absolute Gasteiger partial charge is 0.334 e. The Morgan fingerprint density at radius 3 is 1.89 bits per heavy atom. The minimum Gasteiger partial charge on any atom is -0.439 e. The summed E-state index contributed by atoms with van der Waals surface area (Å²) in [6.45, 7) is 20.0. The first-order valence-corrected chi connectivity index (χ1v) is 7.20. The quantitative estimate of drug-likeness (QED) is 0.366. The van der Waals surface area contributed by atoms with Crippen LogP contribution in [0.1, 0.15) is 41.5 Å². The fraction of sp³-hybridized carbons (Fsp3) is 0.800. The largest absolute Gasteiger partial charge is 0.439 e. The van der Waals surface area contributed by atoms with Gasteiger partial charge in [-0.15, -0.1) is 0 Å². The van der Waals surface area contributed by atoms with Crippen LogP contribution in [0.5, 0.6) is 0 Å². The third-order valence-corrected chi connectivity index (χ3v) is 3.50. The minimum absolute atomic E-state index is 0.318. The van der Waals surface area contributed by atoms with Crippen molar-refractivity contribution >= 4 is 5.97 Å². The molecule has 0 bridgehead atoms. The fourth-order valence-corrected chi connectivity index (χ4v) is 2.24. The van der Waals surface area contributed by atoms with Gasteiger partial charge in [0.2, 0.25) is 0 Å². The summed E-state index contributed by atoms with van der Waals surface area (Å²) < 4.78 is 5.72. The molecule has 0 heterocycles. The number of hydrogen-bond donors (Lipinski definition) is 0. The molecule has 4 nitrogen and oxygen atoms in total. The maximum atomic E-state index is 11.9. The first-order valence-electron chi connectivity index (χ1n) is 7.20. The van der Waals surface area contributed by atoms with Gasteiger partial charge < -0.3 is 4.74 Å². The number of nitrogens with zero attached hydrogens (tertiary/aromatic N) is 2. The maximum absolute atomic E-state index is 11.9. The number of ether oxygens (including phenoxy) is 1. The summed E-state index contributed by atoms with van der Waals surface area (Å²) in [7, 11) is 0. The van der Waals surface area contributed by atoms with Crippen molar-refractivity contribution < 1.29 is 9.53 Å².